The maximum absolute atomic E-state index is 12.0. The first-order valence-electron chi connectivity index (χ1n) is 9.49. The molecule has 8 heteroatoms. The molecule has 0 unspecified atom stereocenters. The number of hydrogen-bond donors (Lipinski definition) is 1. The van der Waals surface area contributed by atoms with Crippen molar-refractivity contribution in [3.05, 3.63) is 59.1 Å². The molecule has 3 rings (SSSR count). The number of hydrogen-bond acceptors (Lipinski definition) is 6. The Balaban J connectivity index is 1.64. The summed E-state index contributed by atoms with van der Waals surface area (Å²) in [6.45, 7) is 0.867. The Morgan fingerprint density at radius 3 is 2.48 bits per heavy atom. The van der Waals surface area contributed by atoms with E-state index in [0.29, 0.717) is 30.3 Å². The van der Waals surface area contributed by atoms with Crippen molar-refractivity contribution in [2.45, 2.75) is 25.1 Å². The first kappa shape index (κ1) is 21.9. The van der Waals surface area contributed by atoms with Crippen LogP contribution in [-0.2, 0) is 16.4 Å². The molecule has 2 atom stereocenters. The van der Waals surface area contributed by atoms with Crippen LogP contribution in [0, 0.1) is 0 Å². The number of halogens is 1. The molecule has 1 aliphatic rings. The first-order valence-corrected chi connectivity index (χ1v) is 11.7. The third-order valence-corrected chi connectivity index (χ3v) is 7.12. The molecule has 0 aromatic heterocycles. The van der Waals surface area contributed by atoms with Crippen LogP contribution in [0.4, 0.5) is 0 Å². The minimum atomic E-state index is -3.04. The maximum Gasteiger partial charge on any atom is 0.151 e. The van der Waals surface area contributed by atoms with Crippen LogP contribution in [0.2, 0.25) is 5.02 Å². The standard InChI is InChI=1S/C21H26ClNO5S/c1-27-19-6-8-20(9-7-19)28-14-18(24)13-23(17-10-11-29(25,26)15-17)12-16-4-2-3-5-21(16)22/h2-9,17-18,24H,10-15H2,1H3/t17-,18+/m0/s1. The van der Waals surface area contributed by atoms with Crippen molar-refractivity contribution in [3.63, 3.8) is 0 Å². The van der Waals surface area contributed by atoms with Crippen molar-refractivity contribution in [1.82, 2.24) is 4.90 Å². The zero-order valence-corrected chi connectivity index (χ0v) is 17.9. The highest BCUT2D eigenvalue weighted by atomic mass is 35.5. The van der Waals surface area contributed by atoms with Crippen LogP contribution in [0.15, 0.2) is 48.5 Å². The third-order valence-electron chi connectivity index (χ3n) is 5.00. The third kappa shape index (κ3) is 6.34. The summed E-state index contributed by atoms with van der Waals surface area (Å²) in [5.41, 5.74) is 0.904. The summed E-state index contributed by atoms with van der Waals surface area (Å²) in [4.78, 5) is 1.99. The molecule has 1 saturated heterocycles. The molecule has 0 saturated carbocycles. The minimum absolute atomic E-state index is 0.101. The summed E-state index contributed by atoms with van der Waals surface area (Å²) in [7, 11) is -1.45. The summed E-state index contributed by atoms with van der Waals surface area (Å²) in [5, 5.41) is 11.2. The van der Waals surface area contributed by atoms with Crippen molar-refractivity contribution in [2.75, 3.05) is 31.8 Å². The normalized spacial score (nSPS) is 19.2. The van der Waals surface area contributed by atoms with E-state index in [1.165, 1.54) is 0 Å². The molecule has 0 aliphatic carbocycles. The lowest BCUT2D eigenvalue weighted by Crippen LogP contribution is -2.42. The maximum atomic E-state index is 12.0. The predicted octanol–water partition coefficient (Wildman–Crippen LogP) is 2.78. The number of methoxy groups -OCH3 is 1. The van der Waals surface area contributed by atoms with Gasteiger partial charge in [-0.3, -0.25) is 4.90 Å². The van der Waals surface area contributed by atoms with E-state index in [2.05, 4.69) is 0 Å². The number of aliphatic hydroxyl groups is 1. The van der Waals surface area contributed by atoms with Gasteiger partial charge in [0.2, 0.25) is 0 Å². The van der Waals surface area contributed by atoms with Crippen LogP contribution in [0.3, 0.4) is 0 Å². The van der Waals surface area contributed by atoms with E-state index < -0.39 is 15.9 Å². The van der Waals surface area contributed by atoms with Crippen molar-refractivity contribution in [2.24, 2.45) is 0 Å². The zero-order valence-electron chi connectivity index (χ0n) is 16.3. The molecule has 29 heavy (non-hydrogen) atoms. The van der Waals surface area contributed by atoms with E-state index in [0.717, 1.165) is 11.3 Å². The van der Waals surface area contributed by atoms with Crippen LogP contribution >= 0.6 is 11.6 Å². The minimum Gasteiger partial charge on any atom is -0.497 e. The van der Waals surface area contributed by atoms with Gasteiger partial charge in [-0.2, -0.15) is 0 Å². The highest BCUT2D eigenvalue weighted by molar-refractivity contribution is 7.91. The number of aliphatic hydroxyl groups excluding tert-OH is 1. The Morgan fingerprint density at radius 1 is 1.17 bits per heavy atom. The van der Waals surface area contributed by atoms with Gasteiger partial charge in [0, 0.05) is 24.2 Å². The van der Waals surface area contributed by atoms with E-state index in [4.69, 9.17) is 21.1 Å². The quantitative estimate of drug-likeness (QED) is 0.647. The molecule has 6 nitrogen and oxygen atoms in total. The van der Waals surface area contributed by atoms with E-state index in [1.54, 1.807) is 31.4 Å². The van der Waals surface area contributed by atoms with Crippen molar-refractivity contribution in [3.8, 4) is 11.5 Å². The fraction of sp³-hybridized carbons (Fsp3) is 0.429. The molecule has 1 heterocycles. The Bertz CT molecular complexity index is 904. The Hall–Kier alpha value is -1.80. The SMILES string of the molecule is COc1ccc(OC[C@H](O)CN(Cc2ccccc2Cl)[C@H]2CCS(=O)(=O)C2)cc1. The second-order valence-corrected chi connectivity index (χ2v) is 9.85. The zero-order chi connectivity index (χ0) is 20.9. The van der Waals surface area contributed by atoms with Gasteiger partial charge >= 0.3 is 0 Å². The number of nitrogens with zero attached hydrogens (tertiary/aromatic N) is 1. The second-order valence-electron chi connectivity index (χ2n) is 7.22. The number of rotatable bonds is 9. The molecule has 0 amide bonds. The van der Waals surface area contributed by atoms with Crippen LogP contribution in [-0.4, -0.2) is 62.3 Å². The molecule has 1 aliphatic heterocycles. The van der Waals surface area contributed by atoms with E-state index >= 15 is 0 Å². The summed E-state index contributed by atoms with van der Waals surface area (Å²) >= 11 is 6.29. The molecule has 0 spiro atoms. The van der Waals surface area contributed by atoms with Gasteiger partial charge in [0.05, 0.1) is 18.6 Å². The summed E-state index contributed by atoms with van der Waals surface area (Å²) < 4.78 is 34.7. The topological polar surface area (TPSA) is 76.1 Å². The van der Waals surface area contributed by atoms with E-state index in [9.17, 15) is 13.5 Å². The monoisotopic (exact) mass is 439 g/mol. The van der Waals surface area contributed by atoms with Gasteiger partial charge in [-0.1, -0.05) is 29.8 Å². The van der Waals surface area contributed by atoms with Gasteiger partial charge in [-0.25, -0.2) is 8.42 Å². The van der Waals surface area contributed by atoms with Crippen molar-refractivity contribution >= 4 is 21.4 Å². The van der Waals surface area contributed by atoms with E-state index in [1.807, 2.05) is 29.2 Å². The highest BCUT2D eigenvalue weighted by Gasteiger charge is 2.33. The molecule has 2 aromatic carbocycles. The number of ether oxygens (including phenoxy) is 2. The lowest BCUT2D eigenvalue weighted by atomic mass is 10.1. The Morgan fingerprint density at radius 2 is 1.86 bits per heavy atom. The highest BCUT2D eigenvalue weighted by Crippen LogP contribution is 2.24. The molecule has 1 N–H and O–H groups in total. The first-order chi connectivity index (χ1) is 13.9. The summed E-state index contributed by atoms with van der Waals surface area (Å²) in [6.07, 6.45) is -0.221. The van der Waals surface area contributed by atoms with Gasteiger partial charge in [-0.05, 0) is 42.3 Å². The summed E-state index contributed by atoms with van der Waals surface area (Å²) in [6, 6.07) is 14.5. The van der Waals surface area contributed by atoms with Gasteiger partial charge in [0.15, 0.2) is 9.84 Å². The van der Waals surface area contributed by atoms with Crippen molar-refractivity contribution in [1.29, 1.82) is 0 Å². The van der Waals surface area contributed by atoms with Crippen LogP contribution < -0.4 is 9.47 Å². The Kier molecular flexibility index (Phi) is 7.40. The predicted molar refractivity (Wildman–Crippen MR) is 113 cm³/mol. The van der Waals surface area contributed by atoms with Crippen LogP contribution in [0.25, 0.3) is 0 Å². The van der Waals surface area contributed by atoms with Crippen molar-refractivity contribution < 1.29 is 23.0 Å². The number of benzene rings is 2. The molecule has 0 bridgehead atoms. The number of sulfone groups is 1. The lowest BCUT2D eigenvalue weighted by Gasteiger charge is -2.30. The van der Waals surface area contributed by atoms with Crippen LogP contribution in [0.1, 0.15) is 12.0 Å². The molecule has 0 radical (unpaired) electrons. The van der Waals surface area contributed by atoms with Gasteiger partial charge in [0.25, 0.3) is 0 Å². The van der Waals surface area contributed by atoms with Gasteiger partial charge < -0.3 is 14.6 Å². The molecule has 158 valence electrons. The van der Waals surface area contributed by atoms with Crippen LogP contribution in [0.5, 0.6) is 11.5 Å². The second kappa shape index (κ2) is 9.80. The fourth-order valence-electron chi connectivity index (χ4n) is 3.44. The molecular formula is C21H26ClNO5S. The average Bonchev–Trinajstić information content (AvgIpc) is 3.07. The lowest BCUT2D eigenvalue weighted by molar-refractivity contribution is 0.0525. The molecular weight excluding hydrogens is 414 g/mol. The largest absolute Gasteiger partial charge is 0.497 e. The Labute approximate surface area is 176 Å². The molecule has 1 fully saturated rings. The summed E-state index contributed by atoms with van der Waals surface area (Å²) in [5.74, 6) is 1.63. The van der Waals surface area contributed by atoms with Gasteiger partial charge in [-0.15, -0.1) is 0 Å². The van der Waals surface area contributed by atoms with E-state index in [-0.39, 0.29) is 24.2 Å². The smallest absolute Gasteiger partial charge is 0.151 e. The molecule has 2 aromatic rings. The average molecular weight is 440 g/mol. The fourth-order valence-corrected chi connectivity index (χ4v) is 5.40. The van der Waals surface area contributed by atoms with Gasteiger partial charge in [0.1, 0.15) is 24.2 Å².